The molecular formula is C21H18FN7O2S. The summed E-state index contributed by atoms with van der Waals surface area (Å²) in [7, 11) is 0. The van der Waals surface area contributed by atoms with Gasteiger partial charge in [0.1, 0.15) is 17.2 Å². The van der Waals surface area contributed by atoms with Gasteiger partial charge in [0.25, 0.3) is 0 Å². The van der Waals surface area contributed by atoms with Gasteiger partial charge in [-0.1, -0.05) is 35.2 Å². The van der Waals surface area contributed by atoms with E-state index in [2.05, 4.69) is 30.9 Å². The molecule has 2 heterocycles. The van der Waals surface area contributed by atoms with E-state index in [4.69, 9.17) is 0 Å². The number of anilines is 2. The van der Waals surface area contributed by atoms with Crippen molar-refractivity contribution in [3.8, 4) is 0 Å². The molecule has 0 saturated heterocycles. The van der Waals surface area contributed by atoms with Gasteiger partial charge in [-0.2, -0.15) is 0 Å². The molecule has 2 N–H and O–H groups in total. The number of hydrogen-bond donors (Lipinski definition) is 2. The van der Waals surface area contributed by atoms with Crippen molar-refractivity contribution in [2.45, 2.75) is 18.5 Å². The molecule has 4 rings (SSSR count). The zero-order valence-electron chi connectivity index (χ0n) is 16.9. The summed E-state index contributed by atoms with van der Waals surface area (Å²) in [6.07, 6.45) is 1.39. The van der Waals surface area contributed by atoms with Gasteiger partial charge in [0.2, 0.25) is 11.8 Å². The predicted molar refractivity (Wildman–Crippen MR) is 119 cm³/mol. The number of nitrogens with zero attached hydrogens (tertiary/aromatic N) is 5. The Hall–Kier alpha value is -3.86. The fourth-order valence-electron chi connectivity index (χ4n) is 2.96. The Morgan fingerprint density at radius 3 is 2.56 bits per heavy atom. The van der Waals surface area contributed by atoms with Crippen molar-refractivity contribution in [1.29, 1.82) is 0 Å². The number of carbonyl (C=O) groups is 2. The van der Waals surface area contributed by atoms with Crippen LogP contribution < -0.4 is 10.6 Å². The first kappa shape index (κ1) is 21.4. The van der Waals surface area contributed by atoms with E-state index in [9.17, 15) is 14.0 Å². The number of carbonyl (C=O) groups excluding carboxylic acids is 2. The average molecular weight is 451 g/mol. The third kappa shape index (κ3) is 5.24. The van der Waals surface area contributed by atoms with Gasteiger partial charge in [-0.15, -0.1) is 5.10 Å². The SMILES string of the molecule is CC(=O)Nc1cccc(NC(=O)CSc2ncnc3c2nnn3Cc2ccc(F)cc2)c1. The largest absolute Gasteiger partial charge is 0.326 e. The van der Waals surface area contributed by atoms with Crippen molar-refractivity contribution in [3.05, 3.63) is 66.2 Å². The third-order valence-electron chi connectivity index (χ3n) is 4.32. The van der Waals surface area contributed by atoms with E-state index in [0.717, 1.165) is 5.56 Å². The van der Waals surface area contributed by atoms with Crippen LogP contribution in [0.3, 0.4) is 0 Å². The van der Waals surface area contributed by atoms with Gasteiger partial charge >= 0.3 is 0 Å². The van der Waals surface area contributed by atoms with Crippen molar-refractivity contribution < 1.29 is 14.0 Å². The van der Waals surface area contributed by atoms with Gasteiger partial charge in [-0.05, 0) is 35.9 Å². The molecule has 4 aromatic rings. The molecule has 32 heavy (non-hydrogen) atoms. The van der Waals surface area contributed by atoms with Crippen molar-refractivity contribution in [2.75, 3.05) is 16.4 Å². The van der Waals surface area contributed by atoms with Crippen LogP contribution in [-0.4, -0.2) is 42.5 Å². The zero-order valence-corrected chi connectivity index (χ0v) is 17.8. The quantitative estimate of drug-likeness (QED) is 0.328. The lowest BCUT2D eigenvalue weighted by Crippen LogP contribution is -2.14. The van der Waals surface area contributed by atoms with Crippen LogP contribution in [0, 0.1) is 5.82 Å². The van der Waals surface area contributed by atoms with Gasteiger partial charge in [0.15, 0.2) is 11.2 Å². The highest BCUT2D eigenvalue weighted by Gasteiger charge is 2.14. The molecule has 9 nitrogen and oxygen atoms in total. The Morgan fingerprint density at radius 2 is 1.81 bits per heavy atom. The summed E-state index contributed by atoms with van der Waals surface area (Å²) in [5.74, 6) is -0.635. The lowest BCUT2D eigenvalue weighted by atomic mass is 10.2. The summed E-state index contributed by atoms with van der Waals surface area (Å²) in [6.45, 7) is 1.79. The summed E-state index contributed by atoms with van der Waals surface area (Å²) in [6, 6.07) is 13.0. The molecule has 0 atom stereocenters. The second kappa shape index (κ2) is 9.52. The maximum atomic E-state index is 13.1. The smallest absolute Gasteiger partial charge is 0.234 e. The van der Waals surface area contributed by atoms with E-state index < -0.39 is 0 Å². The lowest BCUT2D eigenvalue weighted by molar-refractivity contribution is -0.114. The molecule has 2 aromatic heterocycles. The van der Waals surface area contributed by atoms with E-state index in [-0.39, 0.29) is 23.4 Å². The number of nitrogens with one attached hydrogen (secondary N) is 2. The number of rotatable bonds is 7. The Morgan fingerprint density at radius 1 is 1.06 bits per heavy atom. The first-order chi connectivity index (χ1) is 15.5. The maximum absolute atomic E-state index is 13.1. The Kier molecular flexibility index (Phi) is 6.36. The van der Waals surface area contributed by atoms with Crippen LogP contribution >= 0.6 is 11.8 Å². The van der Waals surface area contributed by atoms with Crippen molar-refractivity contribution in [1.82, 2.24) is 25.0 Å². The number of benzene rings is 2. The minimum absolute atomic E-state index is 0.0985. The fraction of sp³-hybridized carbons (Fsp3) is 0.143. The summed E-state index contributed by atoms with van der Waals surface area (Å²) in [5.41, 5.74) is 3.03. The Labute approximate surface area is 186 Å². The second-order valence-electron chi connectivity index (χ2n) is 6.82. The van der Waals surface area contributed by atoms with Gasteiger partial charge < -0.3 is 10.6 Å². The second-order valence-corrected chi connectivity index (χ2v) is 7.79. The van der Waals surface area contributed by atoms with Crippen LogP contribution in [0.15, 0.2) is 59.9 Å². The number of thioether (sulfide) groups is 1. The van der Waals surface area contributed by atoms with Crippen LogP contribution in [0.4, 0.5) is 15.8 Å². The Balaban J connectivity index is 1.42. The number of fused-ring (bicyclic) bond motifs is 1. The summed E-state index contributed by atoms with van der Waals surface area (Å²) in [5, 5.41) is 14.3. The van der Waals surface area contributed by atoms with Crippen molar-refractivity contribution in [3.63, 3.8) is 0 Å². The van der Waals surface area contributed by atoms with E-state index in [1.807, 2.05) is 0 Å². The van der Waals surface area contributed by atoms with Gasteiger partial charge in [0.05, 0.1) is 12.3 Å². The molecule has 162 valence electrons. The van der Waals surface area contributed by atoms with E-state index in [0.29, 0.717) is 34.1 Å². The van der Waals surface area contributed by atoms with E-state index in [1.165, 1.54) is 37.1 Å². The monoisotopic (exact) mass is 451 g/mol. The molecule has 0 spiro atoms. The average Bonchev–Trinajstić information content (AvgIpc) is 3.17. The molecule has 0 aliphatic heterocycles. The molecule has 0 unspecified atom stereocenters. The summed E-state index contributed by atoms with van der Waals surface area (Å²) >= 11 is 1.22. The minimum atomic E-state index is -0.307. The molecule has 0 saturated carbocycles. The predicted octanol–water partition coefficient (Wildman–Crippen LogP) is 3.10. The third-order valence-corrected chi connectivity index (χ3v) is 5.30. The molecule has 0 aliphatic rings. The standard InChI is InChI=1S/C21H18FN7O2S/c1-13(30)25-16-3-2-4-17(9-16)26-18(31)11-32-21-19-20(23-12-24-21)29(28-27-19)10-14-5-7-15(22)8-6-14/h2-9,12H,10-11H2,1H3,(H,25,30)(H,26,31). The highest BCUT2D eigenvalue weighted by Crippen LogP contribution is 2.23. The van der Waals surface area contributed by atoms with Crippen LogP contribution in [0.5, 0.6) is 0 Å². The van der Waals surface area contributed by atoms with Gasteiger partial charge in [-0.3, -0.25) is 9.59 Å². The number of hydrogen-bond acceptors (Lipinski definition) is 7. The van der Waals surface area contributed by atoms with E-state index in [1.54, 1.807) is 41.1 Å². The van der Waals surface area contributed by atoms with Crippen LogP contribution in [-0.2, 0) is 16.1 Å². The molecule has 0 bridgehead atoms. The van der Waals surface area contributed by atoms with Crippen LogP contribution in [0.25, 0.3) is 11.2 Å². The number of halogens is 1. The van der Waals surface area contributed by atoms with Gasteiger partial charge in [-0.25, -0.2) is 19.0 Å². The molecule has 0 fully saturated rings. The fourth-order valence-corrected chi connectivity index (χ4v) is 3.69. The number of aromatic nitrogens is 5. The maximum Gasteiger partial charge on any atom is 0.234 e. The van der Waals surface area contributed by atoms with Crippen LogP contribution in [0.1, 0.15) is 12.5 Å². The van der Waals surface area contributed by atoms with E-state index >= 15 is 0 Å². The van der Waals surface area contributed by atoms with Crippen molar-refractivity contribution in [2.24, 2.45) is 0 Å². The topological polar surface area (TPSA) is 115 Å². The first-order valence-corrected chi connectivity index (χ1v) is 10.6. The minimum Gasteiger partial charge on any atom is -0.326 e. The highest BCUT2D eigenvalue weighted by atomic mass is 32.2. The molecule has 2 aromatic carbocycles. The lowest BCUT2D eigenvalue weighted by Gasteiger charge is -2.08. The number of amides is 2. The van der Waals surface area contributed by atoms with Crippen molar-refractivity contribution >= 4 is 46.1 Å². The van der Waals surface area contributed by atoms with Gasteiger partial charge in [0, 0.05) is 18.3 Å². The Bertz CT molecular complexity index is 1280. The molecule has 2 amide bonds. The molecular weight excluding hydrogens is 433 g/mol. The summed E-state index contributed by atoms with van der Waals surface area (Å²) in [4.78, 5) is 32.1. The normalized spacial score (nSPS) is 10.8. The summed E-state index contributed by atoms with van der Waals surface area (Å²) < 4.78 is 14.7. The first-order valence-electron chi connectivity index (χ1n) is 9.57. The zero-order chi connectivity index (χ0) is 22.5. The molecule has 11 heteroatoms. The highest BCUT2D eigenvalue weighted by molar-refractivity contribution is 8.00. The molecule has 0 radical (unpaired) electrons. The molecule has 0 aliphatic carbocycles. The van der Waals surface area contributed by atoms with Crippen LogP contribution in [0.2, 0.25) is 0 Å².